The molecule has 0 aliphatic heterocycles. The summed E-state index contributed by atoms with van der Waals surface area (Å²) >= 11 is 3.55. The molecule has 0 radical (unpaired) electrons. The third-order valence-corrected chi connectivity index (χ3v) is 4.34. The van der Waals surface area contributed by atoms with Gasteiger partial charge < -0.3 is 5.73 Å². The topological polar surface area (TPSA) is 26.0 Å². The lowest BCUT2D eigenvalue weighted by Crippen LogP contribution is -2.61. The first-order valence-corrected chi connectivity index (χ1v) is 5.23. The van der Waals surface area contributed by atoms with E-state index in [0.717, 1.165) is 5.92 Å². The standard InChI is InChI=1S/C8H14BrN/c9-5-6-4-7(10)8(6)2-1-3-8/h6-7H,1-5,10H2. The van der Waals surface area contributed by atoms with Crippen LogP contribution < -0.4 is 5.73 Å². The molecule has 0 aromatic heterocycles. The molecule has 2 aliphatic rings. The second kappa shape index (κ2) is 2.21. The summed E-state index contributed by atoms with van der Waals surface area (Å²) in [5.74, 6) is 0.899. The highest BCUT2D eigenvalue weighted by atomic mass is 79.9. The Bertz CT molecular complexity index is 142. The van der Waals surface area contributed by atoms with Crippen molar-refractivity contribution in [3.63, 3.8) is 0 Å². The van der Waals surface area contributed by atoms with Crippen LogP contribution in [0.4, 0.5) is 0 Å². The molecule has 2 heteroatoms. The zero-order valence-electron chi connectivity index (χ0n) is 6.15. The predicted molar refractivity (Wildman–Crippen MR) is 46.2 cm³/mol. The summed E-state index contributed by atoms with van der Waals surface area (Å²) < 4.78 is 0. The van der Waals surface area contributed by atoms with E-state index in [1.165, 1.54) is 31.0 Å². The summed E-state index contributed by atoms with van der Waals surface area (Å²) in [6.07, 6.45) is 5.46. The normalized spacial score (nSPS) is 42.6. The van der Waals surface area contributed by atoms with Crippen molar-refractivity contribution in [3.8, 4) is 0 Å². The summed E-state index contributed by atoms with van der Waals surface area (Å²) in [6.45, 7) is 0. The largest absolute Gasteiger partial charge is 0.327 e. The van der Waals surface area contributed by atoms with Gasteiger partial charge in [0.25, 0.3) is 0 Å². The fourth-order valence-electron chi connectivity index (χ4n) is 2.50. The molecule has 2 atom stereocenters. The predicted octanol–water partition coefficient (Wildman–Crippen LogP) is 1.90. The van der Waals surface area contributed by atoms with Gasteiger partial charge in [-0.1, -0.05) is 22.4 Å². The van der Waals surface area contributed by atoms with Crippen molar-refractivity contribution < 1.29 is 0 Å². The van der Waals surface area contributed by atoms with Crippen LogP contribution in [-0.2, 0) is 0 Å². The molecule has 0 amide bonds. The highest BCUT2D eigenvalue weighted by Gasteiger charge is 2.55. The molecular formula is C8H14BrN. The van der Waals surface area contributed by atoms with Crippen molar-refractivity contribution in [3.05, 3.63) is 0 Å². The molecule has 0 heterocycles. The van der Waals surface area contributed by atoms with Gasteiger partial charge in [0, 0.05) is 11.4 Å². The second-order valence-corrected chi connectivity index (χ2v) is 4.43. The fourth-order valence-corrected chi connectivity index (χ4v) is 3.41. The number of rotatable bonds is 1. The van der Waals surface area contributed by atoms with E-state index in [4.69, 9.17) is 5.73 Å². The molecule has 2 N–H and O–H groups in total. The van der Waals surface area contributed by atoms with Crippen LogP contribution in [-0.4, -0.2) is 11.4 Å². The quantitative estimate of drug-likeness (QED) is 0.648. The van der Waals surface area contributed by atoms with Crippen molar-refractivity contribution in [2.24, 2.45) is 17.1 Å². The van der Waals surface area contributed by atoms with Gasteiger partial charge in [-0.2, -0.15) is 0 Å². The summed E-state index contributed by atoms with van der Waals surface area (Å²) in [7, 11) is 0. The van der Waals surface area contributed by atoms with Crippen LogP contribution in [0.1, 0.15) is 25.7 Å². The first-order valence-electron chi connectivity index (χ1n) is 4.11. The Morgan fingerprint density at radius 3 is 2.40 bits per heavy atom. The zero-order valence-corrected chi connectivity index (χ0v) is 7.73. The van der Waals surface area contributed by atoms with E-state index in [2.05, 4.69) is 15.9 Å². The molecule has 0 bridgehead atoms. The highest BCUT2D eigenvalue weighted by molar-refractivity contribution is 9.09. The van der Waals surface area contributed by atoms with Gasteiger partial charge in [-0.05, 0) is 30.6 Å². The van der Waals surface area contributed by atoms with Crippen molar-refractivity contribution in [2.75, 3.05) is 5.33 Å². The van der Waals surface area contributed by atoms with Crippen molar-refractivity contribution in [2.45, 2.75) is 31.7 Å². The zero-order chi connectivity index (χ0) is 7.19. The van der Waals surface area contributed by atoms with Crippen LogP contribution in [0.3, 0.4) is 0 Å². The molecule has 2 saturated carbocycles. The van der Waals surface area contributed by atoms with Crippen molar-refractivity contribution in [1.29, 1.82) is 0 Å². The highest BCUT2D eigenvalue weighted by Crippen LogP contribution is 2.59. The number of hydrogen-bond acceptors (Lipinski definition) is 1. The minimum Gasteiger partial charge on any atom is -0.327 e. The molecule has 0 saturated heterocycles. The van der Waals surface area contributed by atoms with Crippen LogP contribution >= 0.6 is 15.9 Å². The van der Waals surface area contributed by atoms with Gasteiger partial charge in [-0.15, -0.1) is 0 Å². The minimum atomic E-state index is 0.531. The van der Waals surface area contributed by atoms with E-state index in [9.17, 15) is 0 Å². The molecule has 1 spiro atoms. The Kier molecular flexibility index (Phi) is 1.57. The van der Waals surface area contributed by atoms with E-state index in [-0.39, 0.29) is 0 Å². The van der Waals surface area contributed by atoms with Gasteiger partial charge >= 0.3 is 0 Å². The Labute approximate surface area is 70.5 Å². The first-order chi connectivity index (χ1) is 4.79. The maximum atomic E-state index is 5.96. The van der Waals surface area contributed by atoms with Gasteiger partial charge in [-0.3, -0.25) is 0 Å². The number of halogens is 1. The maximum Gasteiger partial charge on any atom is 0.0102 e. The third kappa shape index (κ3) is 0.668. The van der Waals surface area contributed by atoms with E-state index in [1.54, 1.807) is 0 Å². The van der Waals surface area contributed by atoms with Crippen LogP contribution in [0.25, 0.3) is 0 Å². The fraction of sp³-hybridized carbons (Fsp3) is 1.00. The van der Waals surface area contributed by atoms with Gasteiger partial charge in [0.2, 0.25) is 0 Å². The average Bonchev–Trinajstić information content (AvgIpc) is 1.78. The summed E-state index contributed by atoms with van der Waals surface area (Å²) in [5.41, 5.74) is 6.56. The van der Waals surface area contributed by atoms with Crippen molar-refractivity contribution >= 4 is 15.9 Å². The second-order valence-electron chi connectivity index (χ2n) is 3.78. The molecule has 10 heavy (non-hydrogen) atoms. The van der Waals surface area contributed by atoms with Crippen LogP contribution in [0.15, 0.2) is 0 Å². The Hall–Kier alpha value is 0.440. The van der Waals surface area contributed by atoms with E-state index >= 15 is 0 Å². The van der Waals surface area contributed by atoms with E-state index in [1.807, 2.05) is 0 Å². The number of hydrogen-bond donors (Lipinski definition) is 1. The van der Waals surface area contributed by atoms with Crippen LogP contribution in [0.5, 0.6) is 0 Å². The van der Waals surface area contributed by atoms with Gasteiger partial charge in [-0.25, -0.2) is 0 Å². The van der Waals surface area contributed by atoms with Crippen LogP contribution in [0.2, 0.25) is 0 Å². The minimum absolute atomic E-state index is 0.531. The molecule has 0 aromatic rings. The maximum absolute atomic E-state index is 5.96. The third-order valence-electron chi connectivity index (χ3n) is 3.56. The molecule has 0 aromatic carbocycles. The monoisotopic (exact) mass is 203 g/mol. The van der Waals surface area contributed by atoms with E-state index < -0.39 is 0 Å². The van der Waals surface area contributed by atoms with E-state index in [0.29, 0.717) is 11.5 Å². The average molecular weight is 204 g/mol. The summed E-state index contributed by atoms with van der Waals surface area (Å²) in [5, 5.41) is 1.17. The van der Waals surface area contributed by atoms with Gasteiger partial charge in [0.15, 0.2) is 0 Å². The Morgan fingerprint density at radius 2 is 2.20 bits per heavy atom. The molecule has 2 fully saturated rings. The summed E-state index contributed by atoms with van der Waals surface area (Å²) in [6, 6.07) is 0.531. The first kappa shape index (κ1) is 7.11. The lowest BCUT2D eigenvalue weighted by molar-refractivity contribution is -0.0595. The Morgan fingerprint density at radius 1 is 1.50 bits per heavy atom. The van der Waals surface area contributed by atoms with Gasteiger partial charge in [0.1, 0.15) is 0 Å². The number of nitrogens with two attached hydrogens (primary N) is 1. The molecular weight excluding hydrogens is 190 g/mol. The lowest BCUT2D eigenvalue weighted by atomic mass is 9.48. The van der Waals surface area contributed by atoms with Gasteiger partial charge in [0.05, 0.1) is 0 Å². The smallest absolute Gasteiger partial charge is 0.0102 e. The van der Waals surface area contributed by atoms with Crippen LogP contribution in [0, 0.1) is 11.3 Å². The molecule has 58 valence electrons. The number of alkyl halides is 1. The molecule has 1 nitrogen and oxygen atoms in total. The molecule has 2 aliphatic carbocycles. The molecule has 2 unspecified atom stereocenters. The SMILES string of the molecule is NC1CC(CBr)C12CCC2. The lowest BCUT2D eigenvalue weighted by Gasteiger charge is -2.60. The molecule has 2 rings (SSSR count). The summed E-state index contributed by atoms with van der Waals surface area (Å²) in [4.78, 5) is 0. The Balaban J connectivity index is 2.03. The van der Waals surface area contributed by atoms with Crippen molar-refractivity contribution in [1.82, 2.24) is 0 Å².